The van der Waals surface area contributed by atoms with Crippen molar-refractivity contribution in [1.82, 2.24) is 19.9 Å². The number of hydrogen-bond donors (Lipinski definition) is 2. The summed E-state index contributed by atoms with van der Waals surface area (Å²) in [6.07, 6.45) is 55.9. The standard InChI is InChI=1S/C100H134N4O12/c1-9-13-17-21-25-29-33-37-41-45-57-113-81-67-75(68-82(71-81)114-58-46-42-38-34-30-26-22-18-14-10-2)95-89-53-49-85(101-89)93(73-61-77(97(105)109-5)65-78(62-73)98(106)110-6)87-51-55-91(103-87)96(92-56-52-88(104-92)94(86-50-54-90(95)102-86)74-63-79(99(107)111-7)66-80(64-74)100(108)112-8)76-69-83(115-59-47-43-39-35-31-27-23-19-15-11-3)72-84(70-76)116-60-48-44-40-36-32-28-24-20-16-12-4/h49-56,61-72,101,104H,9-48,57-60H2,1-8H3. The Morgan fingerprint density at radius 1 is 0.250 bits per heavy atom. The summed E-state index contributed by atoms with van der Waals surface area (Å²) >= 11 is 0. The lowest BCUT2D eigenvalue weighted by molar-refractivity contribution is 0.0581. The molecule has 16 nitrogen and oxygen atoms in total. The lowest BCUT2D eigenvalue weighted by atomic mass is 9.98. The third-order valence-corrected chi connectivity index (χ3v) is 22.3. The van der Waals surface area contributed by atoms with Crippen molar-refractivity contribution in [2.75, 3.05) is 54.9 Å². The van der Waals surface area contributed by atoms with Crippen LogP contribution in [0.1, 0.15) is 349 Å². The zero-order chi connectivity index (χ0) is 81.9. The third-order valence-electron chi connectivity index (χ3n) is 22.3. The van der Waals surface area contributed by atoms with Crippen LogP contribution in [0.15, 0.2) is 97.1 Å². The number of methoxy groups -OCH3 is 4. The van der Waals surface area contributed by atoms with E-state index >= 15 is 0 Å². The minimum Gasteiger partial charge on any atom is -0.493 e. The number of nitrogens with zero attached hydrogens (tertiary/aromatic N) is 2. The number of nitrogens with one attached hydrogen (secondary N) is 2. The molecule has 2 aliphatic heterocycles. The SMILES string of the molecule is CCCCCCCCCCCCOc1cc(OCCCCCCCCCCCC)cc(-c2c3nc(c(-c4cc(C(=O)OC)cc(C(=O)OC)c4)c4ccc([nH]4)c(-c4cc(OCCCCCCCCCCCC)cc(OCCCCCCCCCCCC)c4)c4nc(c(-c5cc(C(=O)OC)cc(C(=O)OC)c5)c5ccc2[nH]5)C=C4)C=C3)c1. The maximum atomic E-state index is 13.9. The number of unbranched alkanes of at least 4 members (excludes halogenated alkanes) is 36. The predicted octanol–water partition coefficient (Wildman–Crippen LogP) is 27.7. The molecule has 0 spiro atoms. The molecule has 0 saturated carbocycles. The molecule has 9 rings (SSSR count). The van der Waals surface area contributed by atoms with Crippen molar-refractivity contribution in [2.24, 2.45) is 0 Å². The Labute approximate surface area is 692 Å². The van der Waals surface area contributed by atoms with Crippen molar-refractivity contribution in [3.05, 3.63) is 142 Å². The quantitative estimate of drug-likeness (QED) is 0.0207. The first-order valence-corrected chi connectivity index (χ1v) is 44.5. The van der Waals surface area contributed by atoms with Crippen molar-refractivity contribution in [1.29, 1.82) is 0 Å². The van der Waals surface area contributed by atoms with Crippen LogP contribution in [0.4, 0.5) is 0 Å². The van der Waals surface area contributed by atoms with E-state index < -0.39 is 23.9 Å². The number of fused-ring (bicyclic) bond motifs is 8. The van der Waals surface area contributed by atoms with E-state index in [1.54, 1.807) is 24.3 Å². The molecule has 8 bridgehead atoms. The molecular formula is C100H134N4O12. The van der Waals surface area contributed by atoms with Gasteiger partial charge in [0.05, 0.1) is 99.9 Å². The molecule has 16 heteroatoms. The topological polar surface area (TPSA) is 199 Å². The molecule has 4 aromatic carbocycles. The van der Waals surface area contributed by atoms with Gasteiger partial charge in [-0.2, -0.15) is 0 Å². The second kappa shape index (κ2) is 50.9. The van der Waals surface area contributed by atoms with Gasteiger partial charge in [0.2, 0.25) is 0 Å². The van der Waals surface area contributed by atoms with Gasteiger partial charge in [0.1, 0.15) is 23.0 Å². The fourth-order valence-corrected chi connectivity index (χ4v) is 15.8. The molecule has 7 aromatic rings. The number of ether oxygens (including phenoxy) is 8. The van der Waals surface area contributed by atoms with E-state index in [9.17, 15) is 19.2 Å². The van der Waals surface area contributed by atoms with Crippen molar-refractivity contribution >= 4 is 70.2 Å². The smallest absolute Gasteiger partial charge is 0.337 e. The van der Waals surface area contributed by atoms with Gasteiger partial charge >= 0.3 is 23.9 Å². The van der Waals surface area contributed by atoms with E-state index in [1.807, 2.05) is 60.7 Å². The Bertz CT molecular complexity index is 4030. The molecule has 2 N–H and O–H groups in total. The number of aromatic amines is 2. The molecule has 0 amide bonds. The lowest BCUT2D eigenvalue weighted by Crippen LogP contribution is -2.07. The van der Waals surface area contributed by atoms with E-state index in [-0.39, 0.29) is 22.3 Å². The maximum absolute atomic E-state index is 13.9. The fraction of sp³-hybridized carbons (Fsp3) is 0.520. The highest BCUT2D eigenvalue weighted by atomic mass is 16.5. The Morgan fingerprint density at radius 2 is 0.440 bits per heavy atom. The highest BCUT2D eigenvalue weighted by Crippen LogP contribution is 2.43. The number of H-pyrrole nitrogens is 2. The van der Waals surface area contributed by atoms with Crippen LogP contribution in [0.5, 0.6) is 23.0 Å². The van der Waals surface area contributed by atoms with E-state index in [0.29, 0.717) is 128 Å². The Hall–Kier alpha value is -9.44. The molecule has 626 valence electrons. The monoisotopic (exact) mass is 1580 g/mol. The van der Waals surface area contributed by atoms with Crippen molar-refractivity contribution in [3.63, 3.8) is 0 Å². The van der Waals surface area contributed by atoms with Gasteiger partial charge in [0.15, 0.2) is 0 Å². The number of carbonyl (C=O) groups is 4. The summed E-state index contributed by atoms with van der Waals surface area (Å²) in [6, 6.07) is 30.0. The molecular weight excluding hydrogens is 1450 g/mol. The van der Waals surface area contributed by atoms with E-state index in [4.69, 9.17) is 47.9 Å². The Balaban J connectivity index is 1.26. The minimum absolute atomic E-state index is 0.137. The fourth-order valence-electron chi connectivity index (χ4n) is 15.8. The molecule has 3 aromatic heterocycles. The van der Waals surface area contributed by atoms with Crippen LogP contribution in [0.3, 0.4) is 0 Å². The first-order chi connectivity index (χ1) is 56.9. The number of hydrogen-bond acceptors (Lipinski definition) is 14. The van der Waals surface area contributed by atoms with Gasteiger partial charge in [0.25, 0.3) is 0 Å². The summed E-state index contributed by atoms with van der Waals surface area (Å²) in [6.45, 7) is 11.1. The molecule has 0 fully saturated rings. The average molecular weight is 1580 g/mol. The number of aromatic nitrogens is 4. The summed E-state index contributed by atoms with van der Waals surface area (Å²) in [5.74, 6) is 0.0415. The van der Waals surface area contributed by atoms with E-state index in [2.05, 4.69) is 61.9 Å². The summed E-state index contributed by atoms with van der Waals surface area (Å²) in [5, 5.41) is 0. The molecule has 0 radical (unpaired) electrons. The number of esters is 4. The molecule has 116 heavy (non-hydrogen) atoms. The zero-order valence-electron chi connectivity index (χ0n) is 71.5. The normalized spacial score (nSPS) is 11.7. The average Bonchev–Trinajstić information content (AvgIpc) is 1.60. The third kappa shape index (κ3) is 28.4. The van der Waals surface area contributed by atoms with Crippen LogP contribution < -0.4 is 18.9 Å². The second-order valence-corrected chi connectivity index (χ2v) is 31.6. The summed E-state index contributed by atoms with van der Waals surface area (Å²) in [7, 11) is 5.27. The summed E-state index contributed by atoms with van der Waals surface area (Å²) < 4.78 is 48.7. The zero-order valence-corrected chi connectivity index (χ0v) is 71.5. The van der Waals surface area contributed by atoms with Crippen molar-refractivity contribution in [2.45, 2.75) is 285 Å². The van der Waals surface area contributed by atoms with Crippen LogP contribution in [-0.4, -0.2) is 98.7 Å². The first kappa shape index (κ1) is 90.5. The van der Waals surface area contributed by atoms with Crippen molar-refractivity contribution in [3.8, 4) is 67.5 Å². The van der Waals surface area contributed by atoms with Crippen molar-refractivity contribution < 1.29 is 57.1 Å². The van der Waals surface area contributed by atoms with Gasteiger partial charge in [-0.15, -0.1) is 0 Å². The molecule has 0 atom stereocenters. The van der Waals surface area contributed by atoms with Gasteiger partial charge in [-0.25, -0.2) is 29.1 Å². The van der Waals surface area contributed by atoms with Crippen LogP contribution in [0.25, 0.3) is 90.9 Å². The molecule has 0 saturated heterocycles. The van der Waals surface area contributed by atoms with Gasteiger partial charge in [-0.05, 0) is 157 Å². The predicted molar refractivity (Wildman–Crippen MR) is 475 cm³/mol. The molecule has 0 unspecified atom stereocenters. The van der Waals surface area contributed by atoms with E-state index in [1.165, 1.54) is 220 Å². The van der Waals surface area contributed by atoms with Gasteiger partial charge in [-0.1, -0.05) is 259 Å². The highest BCUT2D eigenvalue weighted by molar-refractivity contribution is 6.04. The van der Waals surface area contributed by atoms with Gasteiger partial charge in [0, 0.05) is 56.5 Å². The molecule has 2 aliphatic rings. The molecule has 0 aliphatic carbocycles. The highest BCUT2D eigenvalue weighted by Gasteiger charge is 2.25. The van der Waals surface area contributed by atoms with Crippen LogP contribution in [-0.2, 0) is 18.9 Å². The largest absolute Gasteiger partial charge is 0.493 e. The Morgan fingerprint density at radius 3 is 0.638 bits per heavy atom. The second-order valence-electron chi connectivity index (χ2n) is 31.6. The summed E-state index contributed by atoms with van der Waals surface area (Å²) in [5.41, 5.74) is 10.2. The summed E-state index contributed by atoms with van der Waals surface area (Å²) in [4.78, 5) is 74.4. The number of benzene rings is 4. The maximum Gasteiger partial charge on any atom is 0.337 e. The number of carbonyl (C=O) groups excluding carboxylic acids is 4. The van der Waals surface area contributed by atoms with Gasteiger partial charge in [-0.3, -0.25) is 0 Å². The first-order valence-electron chi connectivity index (χ1n) is 44.5. The Kier molecular flexibility index (Phi) is 39.7. The minimum atomic E-state index is -0.640. The van der Waals surface area contributed by atoms with Crippen LogP contribution in [0, 0.1) is 0 Å². The van der Waals surface area contributed by atoms with E-state index in [0.717, 1.165) is 88.2 Å². The molecule has 5 heterocycles. The van der Waals surface area contributed by atoms with Gasteiger partial charge < -0.3 is 47.9 Å². The van der Waals surface area contributed by atoms with Crippen LogP contribution in [0.2, 0.25) is 0 Å². The number of rotatable bonds is 56. The lowest BCUT2D eigenvalue weighted by Gasteiger charge is -2.14. The van der Waals surface area contributed by atoms with Crippen LogP contribution >= 0.6 is 0 Å².